The molecule has 1 aliphatic rings. The lowest BCUT2D eigenvalue weighted by Crippen LogP contribution is -2.14. The Morgan fingerprint density at radius 3 is 2.82 bits per heavy atom. The molecule has 0 saturated carbocycles. The van der Waals surface area contributed by atoms with E-state index in [1.165, 1.54) is 12.8 Å². The Hall–Kier alpha value is 0.210. The quantitative estimate of drug-likeness (QED) is 0.505. The Morgan fingerprint density at radius 2 is 2.27 bits per heavy atom. The van der Waals surface area contributed by atoms with Gasteiger partial charge in [-0.3, -0.25) is 0 Å². The number of hydrogen-bond donors (Lipinski definition) is 1. The highest BCUT2D eigenvalue weighted by atomic mass is 35.5. The van der Waals surface area contributed by atoms with E-state index >= 15 is 0 Å². The Balaban J connectivity index is 1.99. The summed E-state index contributed by atoms with van der Waals surface area (Å²) >= 11 is 5.90. The summed E-state index contributed by atoms with van der Waals surface area (Å²) < 4.78 is 0. The molecule has 0 bridgehead atoms. The van der Waals surface area contributed by atoms with Crippen molar-refractivity contribution < 1.29 is 0 Å². The molecule has 1 rings (SSSR count). The molecule has 0 spiro atoms. The predicted molar refractivity (Wildman–Crippen MR) is 48.0 cm³/mol. The summed E-state index contributed by atoms with van der Waals surface area (Å²) in [6.07, 6.45) is 4.58. The number of alkyl halides is 1. The fraction of sp³-hybridized carbons (Fsp3) is 1.00. The average Bonchev–Trinajstić information content (AvgIpc) is 2.37. The fourth-order valence-corrected chi connectivity index (χ4v) is 1.73. The van der Waals surface area contributed by atoms with E-state index in [9.17, 15) is 0 Å². The Labute approximate surface area is 73.5 Å². The molecule has 1 saturated heterocycles. The van der Waals surface area contributed by atoms with Crippen LogP contribution < -0.4 is 11.1 Å². The van der Waals surface area contributed by atoms with Crippen molar-refractivity contribution in [2.24, 2.45) is 5.73 Å². The molecule has 2 N–H and O–H groups in total. The van der Waals surface area contributed by atoms with E-state index in [0.29, 0.717) is 11.4 Å². The molecule has 3 heteroatoms. The van der Waals surface area contributed by atoms with Crippen LogP contribution in [0.2, 0.25) is 0 Å². The third kappa shape index (κ3) is 3.41. The van der Waals surface area contributed by atoms with Gasteiger partial charge < -0.3 is 5.73 Å². The molecule has 1 radical (unpaired) electrons. The normalized spacial score (nSPS) is 31.1. The SMILES string of the molecule is NCCCCC1CC(Cl)C[N]1. The van der Waals surface area contributed by atoms with Gasteiger partial charge in [-0.05, 0) is 25.8 Å². The number of nitrogens with two attached hydrogens (primary N) is 1. The van der Waals surface area contributed by atoms with Crippen LogP contribution in [0.15, 0.2) is 0 Å². The average molecular weight is 176 g/mol. The van der Waals surface area contributed by atoms with Crippen LogP contribution >= 0.6 is 11.6 Å². The van der Waals surface area contributed by atoms with Gasteiger partial charge in [0, 0.05) is 18.0 Å². The van der Waals surface area contributed by atoms with E-state index in [0.717, 1.165) is 25.9 Å². The van der Waals surface area contributed by atoms with Gasteiger partial charge in [0.2, 0.25) is 0 Å². The van der Waals surface area contributed by atoms with Crippen molar-refractivity contribution >= 4 is 11.6 Å². The highest BCUT2D eigenvalue weighted by Crippen LogP contribution is 2.18. The second kappa shape index (κ2) is 4.96. The largest absolute Gasteiger partial charge is 0.330 e. The van der Waals surface area contributed by atoms with E-state index in [4.69, 9.17) is 17.3 Å². The smallest absolute Gasteiger partial charge is 0.0492 e. The van der Waals surface area contributed by atoms with E-state index < -0.39 is 0 Å². The molecule has 2 nitrogen and oxygen atoms in total. The molecule has 1 heterocycles. The van der Waals surface area contributed by atoms with E-state index in [-0.39, 0.29) is 0 Å². The second-order valence-corrected chi connectivity index (χ2v) is 3.75. The van der Waals surface area contributed by atoms with Crippen LogP contribution in [0.3, 0.4) is 0 Å². The number of unbranched alkanes of at least 4 members (excludes halogenated alkanes) is 1. The minimum absolute atomic E-state index is 0.304. The molecular weight excluding hydrogens is 160 g/mol. The van der Waals surface area contributed by atoms with Crippen molar-refractivity contribution in [1.82, 2.24) is 5.32 Å². The van der Waals surface area contributed by atoms with Crippen molar-refractivity contribution in [3.05, 3.63) is 0 Å². The van der Waals surface area contributed by atoms with Crippen LogP contribution in [0.1, 0.15) is 25.7 Å². The third-order valence-electron chi connectivity index (χ3n) is 2.08. The van der Waals surface area contributed by atoms with Gasteiger partial charge in [-0.2, -0.15) is 0 Å². The summed E-state index contributed by atoms with van der Waals surface area (Å²) in [5.41, 5.74) is 5.38. The minimum atomic E-state index is 0.304. The molecule has 0 aromatic rings. The maximum atomic E-state index is 5.90. The topological polar surface area (TPSA) is 40.1 Å². The number of halogens is 1. The Bertz CT molecular complexity index is 108. The Kier molecular flexibility index (Phi) is 4.20. The highest BCUT2D eigenvalue weighted by molar-refractivity contribution is 6.21. The predicted octanol–water partition coefficient (Wildman–Crippen LogP) is 1.10. The Morgan fingerprint density at radius 1 is 1.45 bits per heavy atom. The van der Waals surface area contributed by atoms with Crippen LogP contribution in [0.25, 0.3) is 0 Å². The van der Waals surface area contributed by atoms with Gasteiger partial charge in [-0.15, -0.1) is 11.6 Å². The van der Waals surface area contributed by atoms with Gasteiger partial charge in [0.25, 0.3) is 0 Å². The summed E-state index contributed by atoms with van der Waals surface area (Å²) in [6.45, 7) is 1.66. The molecule has 2 atom stereocenters. The van der Waals surface area contributed by atoms with Crippen molar-refractivity contribution in [3.8, 4) is 0 Å². The lowest BCUT2D eigenvalue weighted by atomic mass is 10.1. The van der Waals surface area contributed by atoms with Crippen LogP contribution in [0, 0.1) is 0 Å². The summed E-state index contributed by atoms with van der Waals surface area (Å²) in [7, 11) is 0. The van der Waals surface area contributed by atoms with Gasteiger partial charge >= 0.3 is 0 Å². The van der Waals surface area contributed by atoms with E-state index in [1.807, 2.05) is 0 Å². The minimum Gasteiger partial charge on any atom is -0.330 e. The van der Waals surface area contributed by atoms with E-state index in [2.05, 4.69) is 5.32 Å². The monoisotopic (exact) mass is 175 g/mol. The number of rotatable bonds is 4. The maximum Gasteiger partial charge on any atom is 0.0492 e. The van der Waals surface area contributed by atoms with Gasteiger partial charge in [-0.1, -0.05) is 6.42 Å². The molecule has 0 aromatic carbocycles. The summed E-state index contributed by atoms with van der Waals surface area (Å²) in [6, 6.07) is 0.532. The molecule has 0 aromatic heterocycles. The maximum absolute atomic E-state index is 5.90. The van der Waals surface area contributed by atoms with E-state index in [1.54, 1.807) is 0 Å². The highest BCUT2D eigenvalue weighted by Gasteiger charge is 2.22. The van der Waals surface area contributed by atoms with Crippen LogP contribution in [-0.4, -0.2) is 24.5 Å². The first-order valence-corrected chi connectivity index (χ1v) is 4.77. The van der Waals surface area contributed by atoms with Gasteiger partial charge in [0.05, 0.1) is 0 Å². The first kappa shape index (κ1) is 9.30. The first-order valence-electron chi connectivity index (χ1n) is 4.33. The van der Waals surface area contributed by atoms with Gasteiger partial charge in [0.15, 0.2) is 0 Å². The molecule has 0 aliphatic carbocycles. The van der Waals surface area contributed by atoms with Crippen molar-refractivity contribution in [3.63, 3.8) is 0 Å². The van der Waals surface area contributed by atoms with Crippen molar-refractivity contribution in [2.45, 2.75) is 37.1 Å². The number of hydrogen-bond acceptors (Lipinski definition) is 1. The summed E-state index contributed by atoms with van der Waals surface area (Å²) in [4.78, 5) is 0. The standard InChI is InChI=1S/C8H16ClN2/c9-7-5-8(11-6-7)3-1-2-4-10/h7-8H,1-6,10H2. The fourth-order valence-electron chi connectivity index (χ4n) is 1.44. The van der Waals surface area contributed by atoms with Gasteiger partial charge in [0.1, 0.15) is 0 Å². The van der Waals surface area contributed by atoms with Gasteiger partial charge in [-0.25, -0.2) is 5.32 Å². The third-order valence-corrected chi connectivity index (χ3v) is 2.40. The zero-order valence-electron chi connectivity index (χ0n) is 6.80. The molecule has 0 amide bonds. The molecule has 1 fully saturated rings. The van der Waals surface area contributed by atoms with Crippen LogP contribution in [-0.2, 0) is 0 Å². The van der Waals surface area contributed by atoms with Crippen molar-refractivity contribution in [1.29, 1.82) is 0 Å². The lowest BCUT2D eigenvalue weighted by Gasteiger charge is -2.06. The molecule has 65 valence electrons. The lowest BCUT2D eigenvalue weighted by molar-refractivity contribution is 0.519. The second-order valence-electron chi connectivity index (χ2n) is 3.14. The molecule has 2 unspecified atom stereocenters. The summed E-state index contributed by atoms with van der Waals surface area (Å²) in [5, 5.41) is 4.72. The number of nitrogens with zero attached hydrogens (tertiary/aromatic N) is 1. The van der Waals surface area contributed by atoms with Crippen molar-refractivity contribution in [2.75, 3.05) is 13.1 Å². The molecule has 11 heavy (non-hydrogen) atoms. The van der Waals surface area contributed by atoms with Crippen LogP contribution in [0.4, 0.5) is 0 Å². The summed E-state index contributed by atoms with van der Waals surface area (Å²) in [5.74, 6) is 0. The molecule has 1 aliphatic heterocycles. The first-order chi connectivity index (χ1) is 5.33. The zero-order valence-corrected chi connectivity index (χ0v) is 7.56. The molecular formula is C8H16ClN2. The van der Waals surface area contributed by atoms with Crippen LogP contribution in [0.5, 0.6) is 0 Å². The zero-order chi connectivity index (χ0) is 8.10.